The highest BCUT2D eigenvalue weighted by atomic mass is 16.5. The number of benzene rings is 1. The summed E-state index contributed by atoms with van der Waals surface area (Å²) in [5, 5.41) is 3.28. The first kappa shape index (κ1) is 9.20. The number of nitrogens with one attached hydrogen (secondary N) is 1. The molecular weight excluding hydrogens is 176 g/mol. The molecule has 1 aliphatic heterocycles. The molecule has 0 aliphatic carbocycles. The molecule has 0 spiro atoms. The third-order valence-electron chi connectivity index (χ3n) is 2.32. The Morgan fingerprint density at radius 2 is 2.14 bits per heavy atom. The maximum Gasteiger partial charge on any atom is 0.187 e. The molecule has 0 saturated carbocycles. The Bertz CT molecular complexity index is 333. The van der Waals surface area contributed by atoms with Crippen LogP contribution in [-0.2, 0) is 4.74 Å². The Balaban J connectivity index is 2.12. The van der Waals surface area contributed by atoms with Crippen molar-refractivity contribution in [1.29, 1.82) is 0 Å². The monoisotopic (exact) mass is 188 g/mol. The van der Waals surface area contributed by atoms with E-state index in [1.165, 1.54) is 0 Å². The normalized spacial score (nSPS) is 21.5. The second-order valence-electron chi connectivity index (χ2n) is 3.27. The van der Waals surface area contributed by atoms with Gasteiger partial charge in [0.25, 0.3) is 0 Å². The highest BCUT2D eigenvalue weighted by Crippen LogP contribution is 2.21. The Hall–Kier alpha value is -1.37. The number of nitrogens with zero attached hydrogens (tertiary/aromatic N) is 1. The number of morpholine rings is 1. The van der Waals surface area contributed by atoms with E-state index >= 15 is 0 Å². The van der Waals surface area contributed by atoms with Gasteiger partial charge in [-0.15, -0.1) is 0 Å². The van der Waals surface area contributed by atoms with Crippen molar-refractivity contribution < 1.29 is 4.74 Å². The summed E-state index contributed by atoms with van der Waals surface area (Å²) in [4.78, 5) is 3.35. The smallest absolute Gasteiger partial charge is 0.187 e. The summed E-state index contributed by atoms with van der Waals surface area (Å²) in [6, 6.07) is 7.59. The van der Waals surface area contributed by atoms with E-state index in [4.69, 9.17) is 11.3 Å². The van der Waals surface area contributed by atoms with Crippen molar-refractivity contribution in [3.8, 4) is 0 Å². The summed E-state index contributed by atoms with van der Waals surface area (Å²) in [5.41, 5.74) is 1.82. The Kier molecular flexibility index (Phi) is 2.78. The van der Waals surface area contributed by atoms with Crippen LogP contribution in [0.2, 0.25) is 0 Å². The second kappa shape index (κ2) is 4.23. The van der Waals surface area contributed by atoms with Crippen LogP contribution in [0.4, 0.5) is 5.69 Å². The molecule has 0 unspecified atom stereocenters. The van der Waals surface area contributed by atoms with Crippen LogP contribution in [0.25, 0.3) is 4.85 Å². The van der Waals surface area contributed by atoms with Gasteiger partial charge in [0.05, 0.1) is 19.3 Å². The summed E-state index contributed by atoms with van der Waals surface area (Å²) in [7, 11) is 0. The van der Waals surface area contributed by atoms with Crippen LogP contribution in [0.3, 0.4) is 0 Å². The molecule has 1 aliphatic rings. The minimum Gasteiger partial charge on any atom is -0.371 e. The summed E-state index contributed by atoms with van der Waals surface area (Å²) in [6.07, 6.45) is 0.142. The quantitative estimate of drug-likeness (QED) is 0.681. The van der Waals surface area contributed by atoms with Crippen molar-refractivity contribution in [1.82, 2.24) is 5.32 Å². The third kappa shape index (κ3) is 1.92. The van der Waals surface area contributed by atoms with Gasteiger partial charge in [0.15, 0.2) is 5.69 Å². The largest absolute Gasteiger partial charge is 0.371 e. The molecule has 1 aromatic carbocycles. The molecule has 0 aromatic heterocycles. The van der Waals surface area contributed by atoms with Crippen LogP contribution in [0, 0.1) is 6.57 Å². The van der Waals surface area contributed by atoms with Crippen molar-refractivity contribution in [3.63, 3.8) is 0 Å². The first-order valence-corrected chi connectivity index (χ1v) is 4.70. The molecule has 1 fully saturated rings. The molecule has 1 saturated heterocycles. The number of hydrogen-bond donors (Lipinski definition) is 1. The average molecular weight is 188 g/mol. The fraction of sp³-hybridized carbons (Fsp3) is 0.364. The van der Waals surface area contributed by atoms with Crippen molar-refractivity contribution in [3.05, 3.63) is 41.2 Å². The van der Waals surface area contributed by atoms with Gasteiger partial charge in [0, 0.05) is 13.1 Å². The highest BCUT2D eigenvalue weighted by molar-refractivity contribution is 5.45. The topological polar surface area (TPSA) is 25.6 Å². The summed E-state index contributed by atoms with van der Waals surface area (Å²) < 4.78 is 5.60. The highest BCUT2D eigenvalue weighted by Gasteiger charge is 2.14. The van der Waals surface area contributed by atoms with Gasteiger partial charge < -0.3 is 10.1 Å². The maximum absolute atomic E-state index is 6.84. The van der Waals surface area contributed by atoms with Gasteiger partial charge >= 0.3 is 0 Å². The lowest BCUT2D eigenvalue weighted by molar-refractivity contribution is 0.0277. The first-order valence-electron chi connectivity index (χ1n) is 4.70. The van der Waals surface area contributed by atoms with Gasteiger partial charge in [-0.05, 0) is 5.56 Å². The van der Waals surface area contributed by atoms with Gasteiger partial charge in [0.2, 0.25) is 0 Å². The number of hydrogen-bond acceptors (Lipinski definition) is 2. The lowest BCUT2D eigenvalue weighted by Gasteiger charge is -2.23. The standard InChI is InChI=1S/C11H12N2O/c1-12-10-4-2-9(3-5-10)11-8-13-6-7-14-11/h2-5,11,13H,6-8H2/t11-/m1/s1. The van der Waals surface area contributed by atoms with Crippen LogP contribution < -0.4 is 5.32 Å². The van der Waals surface area contributed by atoms with Gasteiger partial charge in [0.1, 0.15) is 0 Å². The fourth-order valence-corrected chi connectivity index (χ4v) is 1.54. The zero-order valence-corrected chi connectivity index (χ0v) is 7.86. The van der Waals surface area contributed by atoms with Crippen LogP contribution in [0.1, 0.15) is 11.7 Å². The van der Waals surface area contributed by atoms with E-state index in [1.807, 2.05) is 24.3 Å². The van der Waals surface area contributed by atoms with Crippen LogP contribution in [0.15, 0.2) is 24.3 Å². The number of ether oxygens (including phenoxy) is 1. The van der Waals surface area contributed by atoms with Gasteiger partial charge in [-0.25, -0.2) is 4.85 Å². The van der Waals surface area contributed by atoms with E-state index in [2.05, 4.69) is 10.2 Å². The summed E-state index contributed by atoms with van der Waals surface area (Å²) in [6.45, 7) is 9.38. The zero-order valence-electron chi connectivity index (χ0n) is 7.86. The van der Waals surface area contributed by atoms with Crippen LogP contribution >= 0.6 is 0 Å². The molecule has 1 aromatic rings. The van der Waals surface area contributed by atoms with Gasteiger partial charge in [-0.3, -0.25) is 0 Å². The Labute approximate surface area is 83.5 Å². The first-order chi connectivity index (χ1) is 6.90. The Morgan fingerprint density at radius 3 is 2.71 bits per heavy atom. The van der Waals surface area contributed by atoms with Crippen molar-refractivity contribution >= 4 is 5.69 Å². The van der Waals surface area contributed by atoms with Crippen molar-refractivity contribution in [2.24, 2.45) is 0 Å². The minimum atomic E-state index is 0.142. The molecule has 1 N–H and O–H groups in total. The molecule has 3 nitrogen and oxygen atoms in total. The second-order valence-corrected chi connectivity index (χ2v) is 3.27. The van der Waals surface area contributed by atoms with E-state index < -0.39 is 0 Å². The molecule has 1 atom stereocenters. The molecule has 14 heavy (non-hydrogen) atoms. The summed E-state index contributed by atoms with van der Waals surface area (Å²) >= 11 is 0. The fourth-order valence-electron chi connectivity index (χ4n) is 1.54. The molecule has 0 bridgehead atoms. The van der Waals surface area contributed by atoms with Gasteiger partial charge in [-0.1, -0.05) is 24.3 Å². The minimum absolute atomic E-state index is 0.142. The molecule has 2 rings (SSSR count). The van der Waals surface area contributed by atoms with E-state index in [0.717, 1.165) is 25.3 Å². The lowest BCUT2D eigenvalue weighted by atomic mass is 10.1. The molecule has 0 radical (unpaired) electrons. The van der Waals surface area contributed by atoms with E-state index in [-0.39, 0.29) is 6.10 Å². The van der Waals surface area contributed by atoms with Crippen molar-refractivity contribution in [2.75, 3.05) is 19.7 Å². The zero-order chi connectivity index (χ0) is 9.80. The van der Waals surface area contributed by atoms with Crippen LogP contribution in [-0.4, -0.2) is 19.7 Å². The van der Waals surface area contributed by atoms with Crippen molar-refractivity contribution in [2.45, 2.75) is 6.10 Å². The molecule has 1 heterocycles. The summed E-state index contributed by atoms with van der Waals surface area (Å²) in [5.74, 6) is 0. The molecule has 72 valence electrons. The van der Waals surface area contributed by atoms with Crippen LogP contribution in [0.5, 0.6) is 0 Å². The Morgan fingerprint density at radius 1 is 1.36 bits per heavy atom. The maximum atomic E-state index is 6.84. The van der Waals surface area contributed by atoms with Gasteiger partial charge in [-0.2, -0.15) is 0 Å². The number of rotatable bonds is 1. The SMILES string of the molecule is [C-]#[N+]c1ccc([C@H]2CNCCO2)cc1. The predicted molar refractivity (Wildman–Crippen MR) is 54.3 cm³/mol. The van der Waals surface area contributed by atoms with E-state index in [0.29, 0.717) is 5.69 Å². The molecule has 3 heteroatoms. The molecule has 0 amide bonds. The van der Waals surface area contributed by atoms with E-state index in [1.54, 1.807) is 0 Å². The molecular formula is C11H12N2O. The predicted octanol–water partition coefficient (Wildman–Crippen LogP) is 1.90. The average Bonchev–Trinajstić information content (AvgIpc) is 2.30. The van der Waals surface area contributed by atoms with E-state index in [9.17, 15) is 0 Å². The third-order valence-corrected chi connectivity index (χ3v) is 2.32. The lowest BCUT2D eigenvalue weighted by Crippen LogP contribution is -2.33.